The van der Waals surface area contributed by atoms with Crippen molar-refractivity contribution in [2.24, 2.45) is 0 Å². The monoisotopic (exact) mass is 188 g/mol. The van der Waals surface area contributed by atoms with Crippen molar-refractivity contribution in [3.8, 4) is 0 Å². The maximum absolute atomic E-state index is 5.76. The second-order valence-electron chi connectivity index (χ2n) is 2.25. The smallest absolute Gasteiger partial charge is 0.0424 e. The van der Waals surface area contributed by atoms with Crippen LogP contribution in [0, 0.1) is 0 Å². The van der Waals surface area contributed by atoms with E-state index in [4.69, 9.17) is 23.2 Å². The molecule has 0 bridgehead atoms. The van der Waals surface area contributed by atoms with Crippen molar-refractivity contribution in [3.05, 3.63) is 33.8 Å². The van der Waals surface area contributed by atoms with Crippen molar-refractivity contribution in [3.63, 3.8) is 0 Å². The van der Waals surface area contributed by atoms with Crippen LogP contribution in [0.5, 0.6) is 0 Å². The molecule has 11 heavy (non-hydrogen) atoms. The molecule has 0 aliphatic rings. The lowest BCUT2D eigenvalue weighted by Gasteiger charge is -1.99. The van der Waals surface area contributed by atoms with Crippen LogP contribution in [-0.2, 0) is 6.54 Å². The van der Waals surface area contributed by atoms with Crippen LogP contribution < -0.4 is 5.32 Å². The Labute approximate surface area is 76.3 Å². The van der Waals surface area contributed by atoms with Crippen LogP contribution in [0.25, 0.3) is 0 Å². The average Bonchev–Trinajstić information content (AvgIpc) is 1.85. The van der Waals surface area contributed by atoms with E-state index in [1.165, 1.54) is 0 Å². The van der Waals surface area contributed by atoms with Crippen molar-refractivity contribution >= 4 is 23.2 Å². The van der Waals surface area contributed by atoms with E-state index in [-0.39, 0.29) is 0 Å². The summed E-state index contributed by atoms with van der Waals surface area (Å²) in [6.45, 7) is 0.667. The van der Waals surface area contributed by atoms with Crippen molar-refractivity contribution in [1.29, 1.82) is 0 Å². The van der Waals surface area contributed by atoms with Gasteiger partial charge in [-0.3, -0.25) is 0 Å². The zero-order valence-corrected chi connectivity index (χ0v) is 7.65. The van der Waals surface area contributed by atoms with E-state index in [9.17, 15) is 0 Å². The van der Waals surface area contributed by atoms with Gasteiger partial charge in [-0.05, 0) is 23.8 Å². The Morgan fingerprint density at radius 3 is 2.18 bits per heavy atom. The summed E-state index contributed by atoms with van der Waals surface area (Å²) >= 11 is 11.5. The Bertz CT molecular complexity index is 228. The molecular weight excluding hydrogens is 181 g/mol. The Morgan fingerprint density at radius 2 is 1.73 bits per heavy atom. The molecule has 1 aromatic rings. The number of halogens is 2. The van der Waals surface area contributed by atoms with E-state index in [1.54, 1.807) is 13.1 Å². The Hall–Kier alpha value is -0.240. The minimum Gasteiger partial charge on any atom is -0.240 e. The van der Waals surface area contributed by atoms with Crippen molar-refractivity contribution in [2.45, 2.75) is 6.54 Å². The fourth-order valence-electron chi connectivity index (χ4n) is 0.885. The summed E-state index contributed by atoms with van der Waals surface area (Å²) in [5.74, 6) is 0. The zero-order chi connectivity index (χ0) is 8.27. The molecule has 0 N–H and O–H groups in total. The van der Waals surface area contributed by atoms with E-state index in [1.807, 2.05) is 12.1 Å². The van der Waals surface area contributed by atoms with Gasteiger partial charge >= 0.3 is 0 Å². The van der Waals surface area contributed by atoms with E-state index in [0.717, 1.165) is 5.56 Å². The van der Waals surface area contributed by atoms with Gasteiger partial charge in [0, 0.05) is 23.6 Å². The van der Waals surface area contributed by atoms with E-state index < -0.39 is 0 Å². The lowest BCUT2D eigenvalue weighted by molar-refractivity contribution is 0.800. The molecule has 0 aliphatic heterocycles. The van der Waals surface area contributed by atoms with Gasteiger partial charge in [0.15, 0.2) is 0 Å². The molecule has 1 radical (unpaired) electrons. The third kappa shape index (κ3) is 2.70. The zero-order valence-electron chi connectivity index (χ0n) is 6.14. The lowest BCUT2D eigenvalue weighted by atomic mass is 10.2. The summed E-state index contributed by atoms with van der Waals surface area (Å²) in [6.07, 6.45) is 0. The summed E-state index contributed by atoms with van der Waals surface area (Å²) in [7, 11) is 1.76. The topological polar surface area (TPSA) is 14.1 Å². The van der Waals surface area contributed by atoms with Gasteiger partial charge < -0.3 is 0 Å². The predicted molar refractivity (Wildman–Crippen MR) is 48.2 cm³/mol. The summed E-state index contributed by atoms with van der Waals surface area (Å²) in [5.41, 5.74) is 1.05. The third-order valence-electron chi connectivity index (χ3n) is 1.26. The standard InChI is InChI=1S/C8H8Cl2N/c1-11-5-6-2-7(9)4-8(10)3-6/h2-4H,5H2,1H3. The SMILES string of the molecule is C[N]Cc1cc(Cl)cc(Cl)c1. The van der Waals surface area contributed by atoms with Gasteiger partial charge in [0.05, 0.1) is 0 Å². The van der Waals surface area contributed by atoms with Crippen molar-refractivity contribution < 1.29 is 0 Å². The fraction of sp³-hybridized carbons (Fsp3) is 0.250. The van der Waals surface area contributed by atoms with Gasteiger partial charge in [-0.1, -0.05) is 23.2 Å². The van der Waals surface area contributed by atoms with E-state index in [0.29, 0.717) is 16.6 Å². The molecule has 3 heteroatoms. The number of rotatable bonds is 2. The molecule has 0 saturated heterocycles. The number of benzene rings is 1. The van der Waals surface area contributed by atoms with Gasteiger partial charge in [0.2, 0.25) is 0 Å². The second-order valence-corrected chi connectivity index (χ2v) is 3.12. The molecule has 0 aliphatic carbocycles. The van der Waals surface area contributed by atoms with Crippen LogP contribution >= 0.6 is 23.2 Å². The lowest BCUT2D eigenvalue weighted by Crippen LogP contribution is -1.96. The minimum absolute atomic E-state index is 0.663. The molecule has 0 aromatic heterocycles. The Morgan fingerprint density at radius 1 is 1.18 bits per heavy atom. The second kappa shape index (κ2) is 3.96. The normalized spacial score (nSPS) is 10.1. The molecule has 59 valence electrons. The first-order valence-electron chi connectivity index (χ1n) is 3.23. The van der Waals surface area contributed by atoms with Crippen molar-refractivity contribution in [1.82, 2.24) is 5.32 Å². The van der Waals surface area contributed by atoms with Crippen LogP contribution in [-0.4, -0.2) is 7.05 Å². The van der Waals surface area contributed by atoms with E-state index >= 15 is 0 Å². The molecule has 0 fully saturated rings. The Balaban J connectivity index is 2.89. The van der Waals surface area contributed by atoms with E-state index in [2.05, 4.69) is 5.32 Å². The molecule has 0 unspecified atom stereocenters. The van der Waals surface area contributed by atoms with Gasteiger partial charge in [0.1, 0.15) is 0 Å². The highest BCUT2D eigenvalue weighted by Crippen LogP contribution is 2.18. The molecule has 0 amide bonds. The number of hydrogen-bond donors (Lipinski definition) is 0. The van der Waals surface area contributed by atoms with Crippen molar-refractivity contribution in [2.75, 3.05) is 7.05 Å². The van der Waals surface area contributed by atoms with Gasteiger partial charge in [0.25, 0.3) is 0 Å². The first kappa shape index (κ1) is 8.85. The highest BCUT2D eigenvalue weighted by molar-refractivity contribution is 6.34. The largest absolute Gasteiger partial charge is 0.240 e. The first-order valence-corrected chi connectivity index (χ1v) is 3.98. The summed E-state index contributed by atoms with van der Waals surface area (Å²) in [6, 6.07) is 5.43. The average molecular weight is 189 g/mol. The van der Waals surface area contributed by atoms with Crippen LogP contribution in [0.1, 0.15) is 5.56 Å². The first-order chi connectivity index (χ1) is 5.22. The van der Waals surface area contributed by atoms with Crippen LogP contribution in [0.2, 0.25) is 10.0 Å². The summed E-state index contributed by atoms with van der Waals surface area (Å²) < 4.78 is 0. The summed E-state index contributed by atoms with van der Waals surface area (Å²) in [4.78, 5) is 0. The quantitative estimate of drug-likeness (QED) is 0.679. The van der Waals surface area contributed by atoms with Gasteiger partial charge in [-0.15, -0.1) is 0 Å². The molecule has 0 spiro atoms. The third-order valence-corrected chi connectivity index (χ3v) is 1.70. The summed E-state index contributed by atoms with van der Waals surface area (Å²) in [5, 5.41) is 5.30. The molecule has 0 atom stereocenters. The number of hydrogen-bond acceptors (Lipinski definition) is 0. The molecule has 0 heterocycles. The molecule has 0 saturated carbocycles. The highest BCUT2D eigenvalue weighted by atomic mass is 35.5. The molecule has 1 aromatic carbocycles. The highest BCUT2D eigenvalue weighted by Gasteiger charge is 1.96. The van der Waals surface area contributed by atoms with Gasteiger partial charge in [-0.25, -0.2) is 5.32 Å². The van der Waals surface area contributed by atoms with Crippen LogP contribution in [0.4, 0.5) is 0 Å². The minimum atomic E-state index is 0.663. The molecule has 1 nitrogen and oxygen atoms in total. The number of nitrogens with zero attached hydrogens (tertiary/aromatic N) is 1. The maximum Gasteiger partial charge on any atom is 0.0424 e. The fourth-order valence-corrected chi connectivity index (χ4v) is 1.46. The van der Waals surface area contributed by atoms with Crippen LogP contribution in [0.3, 0.4) is 0 Å². The van der Waals surface area contributed by atoms with Crippen LogP contribution in [0.15, 0.2) is 18.2 Å². The Kier molecular flexibility index (Phi) is 3.18. The molecule has 1 rings (SSSR count). The predicted octanol–water partition coefficient (Wildman–Crippen LogP) is 2.73. The van der Waals surface area contributed by atoms with Gasteiger partial charge in [-0.2, -0.15) is 0 Å². The maximum atomic E-state index is 5.76. The molecular formula is C8H8Cl2N.